The molecule has 0 aromatic carbocycles. The summed E-state index contributed by atoms with van der Waals surface area (Å²) in [4.78, 5) is 14.6. The van der Waals surface area contributed by atoms with Gasteiger partial charge in [0.1, 0.15) is 5.54 Å². The van der Waals surface area contributed by atoms with E-state index in [1.807, 2.05) is 0 Å². The highest BCUT2D eigenvalue weighted by molar-refractivity contribution is 5.81. The lowest BCUT2D eigenvalue weighted by atomic mass is 9.83. The van der Waals surface area contributed by atoms with Gasteiger partial charge in [-0.3, -0.25) is 9.69 Å². The summed E-state index contributed by atoms with van der Waals surface area (Å²) in [7, 11) is 1.49. The van der Waals surface area contributed by atoms with Gasteiger partial charge in [0.2, 0.25) is 0 Å². The zero-order valence-corrected chi connectivity index (χ0v) is 11.4. The normalized spacial score (nSPS) is 34.2. The van der Waals surface area contributed by atoms with Gasteiger partial charge in [0.15, 0.2) is 0 Å². The first-order chi connectivity index (χ1) is 8.73. The minimum Gasteiger partial charge on any atom is -0.468 e. The van der Waals surface area contributed by atoms with Crippen molar-refractivity contribution >= 4 is 5.97 Å². The van der Waals surface area contributed by atoms with Crippen LogP contribution in [0.4, 0.5) is 0 Å². The third-order valence-corrected chi connectivity index (χ3v) is 4.18. The van der Waals surface area contributed by atoms with Crippen LogP contribution in [0.5, 0.6) is 0 Å². The van der Waals surface area contributed by atoms with Crippen molar-refractivity contribution in [1.82, 2.24) is 10.2 Å². The fourth-order valence-electron chi connectivity index (χ4n) is 3.08. The van der Waals surface area contributed by atoms with Crippen LogP contribution in [0.1, 0.15) is 26.2 Å². The molecule has 2 unspecified atom stereocenters. The molecule has 5 heteroatoms. The largest absolute Gasteiger partial charge is 0.468 e. The average molecular weight is 256 g/mol. The van der Waals surface area contributed by atoms with E-state index in [9.17, 15) is 4.79 Å². The molecule has 1 N–H and O–H groups in total. The maximum Gasteiger partial charge on any atom is 0.326 e. The first-order valence-electron chi connectivity index (χ1n) is 6.88. The van der Waals surface area contributed by atoms with Crippen molar-refractivity contribution in [2.75, 3.05) is 39.9 Å². The molecule has 104 valence electrons. The van der Waals surface area contributed by atoms with Crippen LogP contribution in [0.15, 0.2) is 0 Å². The summed E-state index contributed by atoms with van der Waals surface area (Å²) in [6.07, 6.45) is 2.63. The Morgan fingerprint density at radius 3 is 2.83 bits per heavy atom. The number of hydrogen-bond acceptors (Lipinski definition) is 5. The van der Waals surface area contributed by atoms with Crippen LogP contribution in [0.25, 0.3) is 0 Å². The monoisotopic (exact) mass is 256 g/mol. The molecule has 2 aliphatic rings. The summed E-state index contributed by atoms with van der Waals surface area (Å²) in [5, 5.41) is 3.33. The highest BCUT2D eigenvalue weighted by Crippen LogP contribution is 2.33. The van der Waals surface area contributed by atoms with Crippen molar-refractivity contribution in [2.45, 2.75) is 37.8 Å². The number of carbonyl (C=O) groups is 1. The smallest absolute Gasteiger partial charge is 0.326 e. The minimum absolute atomic E-state index is 0.0915. The Morgan fingerprint density at radius 1 is 1.50 bits per heavy atom. The fraction of sp³-hybridized carbons (Fsp3) is 0.923. The Morgan fingerprint density at radius 2 is 2.22 bits per heavy atom. The van der Waals surface area contributed by atoms with Gasteiger partial charge in [-0.2, -0.15) is 0 Å². The van der Waals surface area contributed by atoms with Crippen LogP contribution < -0.4 is 5.32 Å². The summed E-state index contributed by atoms with van der Waals surface area (Å²) in [6, 6.07) is 0. The van der Waals surface area contributed by atoms with Crippen molar-refractivity contribution < 1.29 is 14.3 Å². The number of ether oxygens (including phenoxy) is 2. The molecule has 18 heavy (non-hydrogen) atoms. The fourth-order valence-corrected chi connectivity index (χ4v) is 3.08. The Labute approximate surface area is 109 Å². The van der Waals surface area contributed by atoms with E-state index in [0.717, 1.165) is 45.4 Å². The second-order valence-corrected chi connectivity index (χ2v) is 5.12. The number of nitrogens with one attached hydrogen (secondary N) is 1. The van der Waals surface area contributed by atoms with Crippen molar-refractivity contribution in [3.8, 4) is 0 Å². The number of hydrogen-bond donors (Lipinski definition) is 1. The predicted octanol–water partition coefficient (Wildman–Crippen LogP) is 0.392. The quantitative estimate of drug-likeness (QED) is 0.740. The minimum atomic E-state index is -0.463. The van der Waals surface area contributed by atoms with Gasteiger partial charge >= 0.3 is 5.97 Å². The van der Waals surface area contributed by atoms with Gasteiger partial charge in [0, 0.05) is 39.2 Å². The molecule has 0 aromatic heterocycles. The predicted molar refractivity (Wildman–Crippen MR) is 68.5 cm³/mol. The summed E-state index contributed by atoms with van der Waals surface area (Å²) in [5.74, 6) is -0.0915. The topological polar surface area (TPSA) is 50.8 Å². The lowest BCUT2D eigenvalue weighted by molar-refractivity contribution is -0.168. The SMILES string of the molecule is CCC1CC(C(=O)OC)(N2CCNCC2)CCO1. The molecule has 0 bridgehead atoms. The summed E-state index contributed by atoms with van der Waals surface area (Å²) in [5.41, 5.74) is -0.463. The molecule has 2 saturated heterocycles. The van der Waals surface area contributed by atoms with Crippen LogP contribution in [-0.4, -0.2) is 62.4 Å². The lowest BCUT2D eigenvalue weighted by Gasteiger charge is -2.47. The molecule has 0 aromatic rings. The van der Waals surface area contributed by atoms with Crippen LogP contribution in [0.3, 0.4) is 0 Å². The number of carbonyl (C=O) groups excluding carboxylic acids is 1. The van der Waals surface area contributed by atoms with Crippen molar-refractivity contribution in [2.24, 2.45) is 0 Å². The zero-order chi connectivity index (χ0) is 13.0. The van der Waals surface area contributed by atoms with E-state index in [0.29, 0.717) is 6.61 Å². The number of piperazine rings is 1. The third-order valence-electron chi connectivity index (χ3n) is 4.18. The van der Waals surface area contributed by atoms with Gasteiger partial charge in [0.25, 0.3) is 0 Å². The number of methoxy groups -OCH3 is 1. The van der Waals surface area contributed by atoms with E-state index in [2.05, 4.69) is 17.1 Å². The summed E-state index contributed by atoms with van der Waals surface area (Å²) in [6.45, 7) is 6.46. The molecular weight excluding hydrogens is 232 g/mol. The molecule has 0 amide bonds. The van der Waals surface area contributed by atoms with Gasteiger partial charge in [-0.1, -0.05) is 6.92 Å². The number of esters is 1. The molecule has 0 spiro atoms. The number of rotatable bonds is 3. The molecule has 2 heterocycles. The molecule has 0 radical (unpaired) electrons. The number of nitrogens with zero attached hydrogens (tertiary/aromatic N) is 1. The van der Waals surface area contributed by atoms with Crippen LogP contribution in [0.2, 0.25) is 0 Å². The Hall–Kier alpha value is -0.650. The van der Waals surface area contributed by atoms with E-state index < -0.39 is 5.54 Å². The third kappa shape index (κ3) is 2.53. The standard InChI is InChI=1S/C13H24N2O3/c1-3-11-10-13(4-9-18-11,12(16)17-2)15-7-5-14-6-8-15/h11,14H,3-10H2,1-2H3. The maximum absolute atomic E-state index is 12.3. The second kappa shape index (κ2) is 5.99. The molecular formula is C13H24N2O3. The molecule has 5 nitrogen and oxygen atoms in total. The first-order valence-corrected chi connectivity index (χ1v) is 6.88. The van der Waals surface area contributed by atoms with Crippen LogP contribution in [-0.2, 0) is 14.3 Å². The van der Waals surface area contributed by atoms with E-state index in [1.54, 1.807) is 0 Å². The van der Waals surface area contributed by atoms with Crippen molar-refractivity contribution in [3.63, 3.8) is 0 Å². The highest BCUT2D eigenvalue weighted by Gasteiger charge is 2.48. The molecule has 2 fully saturated rings. The zero-order valence-electron chi connectivity index (χ0n) is 11.4. The van der Waals surface area contributed by atoms with Crippen molar-refractivity contribution in [3.05, 3.63) is 0 Å². The van der Waals surface area contributed by atoms with E-state index in [-0.39, 0.29) is 12.1 Å². The molecule has 0 aliphatic carbocycles. The maximum atomic E-state index is 12.3. The summed E-state index contributed by atoms with van der Waals surface area (Å²) >= 11 is 0. The summed E-state index contributed by atoms with van der Waals surface area (Å²) < 4.78 is 10.8. The first kappa shape index (κ1) is 13.8. The van der Waals surface area contributed by atoms with Gasteiger partial charge in [-0.05, 0) is 12.8 Å². The molecule has 2 rings (SSSR count). The van der Waals surface area contributed by atoms with E-state index in [1.165, 1.54) is 7.11 Å². The van der Waals surface area contributed by atoms with Crippen LogP contribution in [0, 0.1) is 0 Å². The van der Waals surface area contributed by atoms with Gasteiger partial charge in [-0.15, -0.1) is 0 Å². The molecule has 0 saturated carbocycles. The Kier molecular flexibility index (Phi) is 4.59. The van der Waals surface area contributed by atoms with E-state index >= 15 is 0 Å². The average Bonchev–Trinajstić information content (AvgIpc) is 2.47. The second-order valence-electron chi connectivity index (χ2n) is 5.12. The van der Waals surface area contributed by atoms with Gasteiger partial charge < -0.3 is 14.8 Å². The van der Waals surface area contributed by atoms with Gasteiger partial charge in [-0.25, -0.2) is 0 Å². The lowest BCUT2D eigenvalue weighted by Crippen LogP contribution is -2.63. The van der Waals surface area contributed by atoms with Crippen LogP contribution >= 0.6 is 0 Å². The van der Waals surface area contributed by atoms with Crippen molar-refractivity contribution in [1.29, 1.82) is 0 Å². The Bertz CT molecular complexity index is 292. The van der Waals surface area contributed by atoms with Gasteiger partial charge in [0.05, 0.1) is 13.2 Å². The Balaban J connectivity index is 2.18. The molecule has 2 aliphatic heterocycles. The molecule has 2 atom stereocenters. The highest BCUT2D eigenvalue weighted by atomic mass is 16.5. The van der Waals surface area contributed by atoms with E-state index in [4.69, 9.17) is 9.47 Å².